The van der Waals surface area contributed by atoms with Crippen LogP contribution in [0.4, 0.5) is 5.82 Å². The third-order valence-electron chi connectivity index (χ3n) is 6.24. The average Bonchev–Trinajstić information content (AvgIpc) is 2.81. The lowest BCUT2D eigenvalue weighted by Crippen LogP contribution is -2.41. The zero-order valence-corrected chi connectivity index (χ0v) is 19.0. The molecule has 2 aromatic rings. The molecule has 2 aliphatic heterocycles. The number of rotatable bonds is 6. The average molecular weight is 439 g/mol. The van der Waals surface area contributed by atoms with Gasteiger partial charge in [0.05, 0.1) is 13.7 Å². The van der Waals surface area contributed by atoms with E-state index in [0.717, 1.165) is 42.0 Å². The van der Waals surface area contributed by atoms with E-state index >= 15 is 0 Å². The van der Waals surface area contributed by atoms with Crippen LogP contribution in [0.25, 0.3) is 0 Å². The number of hydrogen-bond acceptors (Lipinski definition) is 6. The molecule has 2 aliphatic rings. The zero-order valence-electron chi connectivity index (χ0n) is 19.0. The summed E-state index contributed by atoms with van der Waals surface area (Å²) in [4.78, 5) is 38.5. The Morgan fingerprint density at radius 3 is 2.84 bits per heavy atom. The van der Waals surface area contributed by atoms with Crippen LogP contribution in [0.5, 0.6) is 5.75 Å². The molecule has 32 heavy (non-hydrogen) atoms. The molecule has 0 spiro atoms. The smallest absolute Gasteiger partial charge is 0.248 e. The molecule has 0 unspecified atom stereocenters. The molecule has 0 aliphatic carbocycles. The predicted octanol–water partition coefficient (Wildman–Crippen LogP) is 2.63. The van der Waals surface area contributed by atoms with E-state index in [1.165, 1.54) is 7.11 Å². The highest BCUT2D eigenvalue weighted by Gasteiger charge is 2.31. The molecular formula is C24H30N4O4. The van der Waals surface area contributed by atoms with Crippen molar-refractivity contribution in [2.45, 2.75) is 45.1 Å². The highest BCUT2D eigenvalue weighted by molar-refractivity contribution is 5.95. The van der Waals surface area contributed by atoms with E-state index in [1.807, 2.05) is 36.1 Å². The van der Waals surface area contributed by atoms with Crippen molar-refractivity contribution in [3.63, 3.8) is 0 Å². The fourth-order valence-electron chi connectivity index (χ4n) is 4.53. The number of nitrogens with zero attached hydrogens (tertiary/aromatic N) is 4. The summed E-state index contributed by atoms with van der Waals surface area (Å²) < 4.78 is 10.3. The Kier molecular flexibility index (Phi) is 6.69. The van der Waals surface area contributed by atoms with E-state index in [-0.39, 0.29) is 24.3 Å². The van der Waals surface area contributed by atoms with Gasteiger partial charge in [-0.05, 0) is 43.9 Å². The number of aromatic nitrogens is 2. The van der Waals surface area contributed by atoms with Gasteiger partial charge < -0.3 is 14.4 Å². The number of hydrogen-bond donors (Lipinski definition) is 0. The van der Waals surface area contributed by atoms with Crippen molar-refractivity contribution in [3.8, 4) is 5.75 Å². The Morgan fingerprint density at radius 1 is 1.22 bits per heavy atom. The minimum atomic E-state index is -0.0123. The number of fused-ring (bicyclic) bond motifs is 1. The van der Waals surface area contributed by atoms with Gasteiger partial charge in [-0.2, -0.15) is 0 Å². The number of aryl methyl sites for hydroxylation is 1. The number of piperidine rings is 1. The van der Waals surface area contributed by atoms with Gasteiger partial charge in [0.1, 0.15) is 24.0 Å². The molecule has 0 saturated carbocycles. The molecule has 0 bridgehead atoms. The molecule has 8 heteroatoms. The Hall–Kier alpha value is -3.00. The summed E-state index contributed by atoms with van der Waals surface area (Å²) in [6, 6.07) is 7.74. The van der Waals surface area contributed by atoms with E-state index in [9.17, 15) is 9.59 Å². The van der Waals surface area contributed by atoms with Crippen LogP contribution < -0.4 is 9.64 Å². The molecule has 8 nitrogen and oxygen atoms in total. The first-order chi connectivity index (χ1) is 15.5. The predicted molar refractivity (Wildman–Crippen MR) is 120 cm³/mol. The van der Waals surface area contributed by atoms with Crippen LogP contribution in [-0.4, -0.2) is 60.6 Å². The van der Waals surface area contributed by atoms with Gasteiger partial charge in [0.15, 0.2) is 0 Å². The molecular weight excluding hydrogens is 408 g/mol. The lowest BCUT2D eigenvalue weighted by atomic mass is 9.95. The largest absolute Gasteiger partial charge is 0.497 e. The summed E-state index contributed by atoms with van der Waals surface area (Å²) in [6.07, 6.45) is 2.91. The minimum absolute atomic E-state index is 0.0123. The van der Waals surface area contributed by atoms with Crippen molar-refractivity contribution in [2.24, 2.45) is 0 Å². The second kappa shape index (κ2) is 9.65. The molecule has 1 saturated heterocycles. The highest BCUT2D eigenvalue weighted by atomic mass is 16.5. The molecule has 0 N–H and O–H groups in total. The summed E-state index contributed by atoms with van der Waals surface area (Å²) in [5, 5.41) is 0. The lowest BCUT2D eigenvalue weighted by Gasteiger charge is -2.34. The Morgan fingerprint density at radius 2 is 2.06 bits per heavy atom. The van der Waals surface area contributed by atoms with Crippen LogP contribution in [0.3, 0.4) is 0 Å². The van der Waals surface area contributed by atoms with Gasteiger partial charge in [-0.25, -0.2) is 9.97 Å². The van der Waals surface area contributed by atoms with Crippen molar-refractivity contribution < 1.29 is 19.1 Å². The quantitative estimate of drug-likeness (QED) is 0.689. The Balaban J connectivity index is 1.63. The van der Waals surface area contributed by atoms with Crippen molar-refractivity contribution in [2.75, 3.05) is 38.8 Å². The van der Waals surface area contributed by atoms with E-state index in [1.54, 1.807) is 12.0 Å². The number of amides is 2. The number of anilines is 1. The van der Waals surface area contributed by atoms with Crippen LogP contribution in [-0.2, 0) is 27.3 Å². The van der Waals surface area contributed by atoms with Gasteiger partial charge in [-0.1, -0.05) is 12.1 Å². The van der Waals surface area contributed by atoms with Crippen LogP contribution in [0.15, 0.2) is 24.3 Å². The first kappa shape index (κ1) is 22.2. The lowest BCUT2D eigenvalue weighted by molar-refractivity contribution is -0.136. The maximum atomic E-state index is 12.9. The van der Waals surface area contributed by atoms with Crippen molar-refractivity contribution in [1.29, 1.82) is 0 Å². The number of likely N-dealkylation sites (tertiary alicyclic amines) is 1. The summed E-state index contributed by atoms with van der Waals surface area (Å²) in [5.74, 6) is 2.26. The molecule has 1 aromatic carbocycles. The fourth-order valence-corrected chi connectivity index (χ4v) is 4.53. The molecule has 170 valence electrons. The van der Waals surface area contributed by atoms with Crippen molar-refractivity contribution >= 4 is 17.6 Å². The van der Waals surface area contributed by atoms with Gasteiger partial charge >= 0.3 is 0 Å². The van der Waals surface area contributed by atoms with Crippen LogP contribution in [0.1, 0.15) is 47.8 Å². The second-order valence-electron chi connectivity index (χ2n) is 8.41. The third kappa shape index (κ3) is 4.60. The molecule has 2 amide bonds. The Bertz CT molecular complexity index is 1010. The van der Waals surface area contributed by atoms with Crippen LogP contribution >= 0.6 is 0 Å². The molecule has 0 radical (unpaired) electrons. The monoisotopic (exact) mass is 438 g/mol. The maximum absolute atomic E-state index is 12.9. The molecule has 1 aromatic heterocycles. The normalized spacial score (nSPS) is 18.5. The topological polar surface area (TPSA) is 84.9 Å². The van der Waals surface area contributed by atoms with Gasteiger partial charge in [-0.15, -0.1) is 0 Å². The van der Waals surface area contributed by atoms with Gasteiger partial charge in [0.2, 0.25) is 11.8 Å². The third-order valence-corrected chi connectivity index (χ3v) is 6.24. The first-order valence-electron chi connectivity index (χ1n) is 11.1. The standard InChI is InChI=1S/C24H30N4O4/c1-16-20-9-10-21(29)28(13-17-6-4-8-19(12-17)32-3)24(20)26-23(25-16)18-7-5-11-27(14-18)22(30)15-31-2/h4,6,8,12,18H,5,7,9-11,13-15H2,1-3H3/t18-/m1/s1. The minimum Gasteiger partial charge on any atom is -0.497 e. The maximum Gasteiger partial charge on any atom is 0.248 e. The van der Waals surface area contributed by atoms with Crippen LogP contribution in [0, 0.1) is 6.92 Å². The van der Waals surface area contributed by atoms with E-state index in [2.05, 4.69) is 0 Å². The highest BCUT2D eigenvalue weighted by Crippen LogP contribution is 2.33. The number of carbonyl (C=O) groups is 2. The van der Waals surface area contributed by atoms with Gasteiger partial charge in [0.25, 0.3) is 0 Å². The number of carbonyl (C=O) groups excluding carboxylic acids is 2. The molecule has 1 atom stereocenters. The fraction of sp³-hybridized carbons (Fsp3) is 0.500. The van der Waals surface area contributed by atoms with Crippen LogP contribution in [0.2, 0.25) is 0 Å². The summed E-state index contributed by atoms with van der Waals surface area (Å²) in [6.45, 7) is 3.80. The summed E-state index contributed by atoms with van der Waals surface area (Å²) >= 11 is 0. The first-order valence-corrected chi connectivity index (χ1v) is 11.1. The van der Waals surface area contributed by atoms with Crippen molar-refractivity contribution in [3.05, 3.63) is 46.9 Å². The van der Waals surface area contributed by atoms with E-state index < -0.39 is 0 Å². The zero-order chi connectivity index (χ0) is 22.7. The molecule has 1 fully saturated rings. The SMILES string of the molecule is COCC(=O)N1CCC[C@@H](c2nc(C)c3c(n2)N(Cc2cccc(OC)c2)C(=O)CC3)C1. The summed E-state index contributed by atoms with van der Waals surface area (Å²) in [5.41, 5.74) is 2.92. The van der Waals surface area contributed by atoms with E-state index in [4.69, 9.17) is 19.4 Å². The molecule has 4 rings (SSSR count). The number of benzene rings is 1. The molecule has 3 heterocycles. The van der Waals surface area contributed by atoms with E-state index in [0.29, 0.717) is 37.6 Å². The van der Waals surface area contributed by atoms with Gasteiger partial charge in [-0.3, -0.25) is 14.5 Å². The van der Waals surface area contributed by atoms with Gasteiger partial charge in [0, 0.05) is 43.8 Å². The second-order valence-corrected chi connectivity index (χ2v) is 8.41. The Labute approximate surface area is 188 Å². The van der Waals surface area contributed by atoms with Crippen molar-refractivity contribution in [1.82, 2.24) is 14.9 Å². The summed E-state index contributed by atoms with van der Waals surface area (Å²) in [7, 11) is 3.16. The number of ether oxygens (including phenoxy) is 2. The number of methoxy groups -OCH3 is 2.